The third-order valence-corrected chi connectivity index (χ3v) is 2.21. The Labute approximate surface area is 64.3 Å². The van der Waals surface area contributed by atoms with Crippen LogP contribution in [0.15, 0.2) is 12.2 Å². The summed E-state index contributed by atoms with van der Waals surface area (Å²) < 4.78 is 0. The summed E-state index contributed by atoms with van der Waals surface area (Å²) in [4.78, 5) is 0. The van der Waals surface area contributed by atoms with Crippen molar-refractivity contribution in [2.45, 2.75) is 39.7 Å². The van der Waals surface area contributed by atoms with Crippen LogP contribution in [0.2, 0.25) is 0 Å². The van der Waals surface area contributed by atoms with E-state index in [0.717, 1.165) is 12.8 Å². The van der Waals surface area contributed by atoms with Crippen molar-refractivity contribution >= 4 is 0 Å². The first-order valence-corrected chi connectivity index (χ1v) is 4.06. The lowest BCUT2D eigenvalue weighted by atomic mass is 9.92. The predicted molar refractivity (Wildman–Crippen MR) is 46.9 cm³/mol. The van der Waals surface area contributed by atoms with Crippen LogP contribution in [0, 0.1) is 5.92 Å². The lowest BCUT2D eigenvalue weighted by molar-refractivity contribution is 0.494. The van der Waals surface area contributed by atoms with Gasteiger partial charge in [-0.1, -0.05) is 32.9 Å². The molecule has 0 rings (SSSR count). The van der Waals surface area contributed by atoms with E-state index in [-0.39, 0.29) is 0 Å². The molecule has 0 saturated heterocycles. The number of hydrogen-bond acceptors (Lipinski definition) is 1. The van der Waals surface area contributed by atoms with Crippen molar-refractivity contribution in [3.8, 4) is 0 Å². The van der Waals surface area contributed by atoms with Crippen LogP contribution >= 0.6 is 0 Å². The van der Waals surface area contributed by atoms with Gasteiger partial charge in [0.05, 0.1) is 0 Å². The third kappa shape index (κ3) is 2.53. The molecule has 0 amide bonds. The Balaban J connectivity index is 3.81. The van der Waals surface area contributed by atoms with Gasteiger partial charge in [-0.05, 0) is 18.8 Å². The van der Waals surface area contributed by atoms with Crippen molar-refractivity contribution in [3.63, 3.8) is 0 Å². The van der Waals surface area contributed by atoms with Crippen LogP contribution in [0.5, 0.6) is 0 Å². The van der Waals surface area contributed by atoms with Crippen LogP contribution in [-0.4, -0.2) is 6.04 Å². The highest BCUT2D eigenvalue weighted by Crippen LogP contribution is 2.16. The van der Waals surface area contributed by atoms with E-state index in [0.29, 0.717) is 12.0 Å². The number of rotatable bonds is 4. The minimum Gasteiger partial charge on any atom is -0.327 e. The fraction of sp³-hybridized carbons (Fsp3) is 0.778. The molecule has 1 heteroatoms. The average molecular weight is 141 g/mol. The van der Waals surface area contributed by atoms with Gasteiger partial charge in [0.15, 0.2) is 0 Å². The third-order valence-electron chi connectivity index (χ3n) is 2.21. The Morgan fingerprint density at radius 2 is 2.00 bits per heavy atom. The van der Waals surface area contributed by atoms with Crippen molar-refractivity contribution < 1.29 is 0 Å². The van der Waals surface area contributed by atoms with Gasteiger partial charge in [0.25, 0.3) is 0 Å². The van der Waals surface area contributed by atoms with Crippen LogP contribution in [0.4, 0.5) is 0 Å². The van der Waals surface area contributed by atoms with Crippen molar-refractivity contribution in [1.29, 1.82) is 0 Å². The minimum absolute atomic E-state index is 0.299. The summed E-state index contributed by atoms with van der Waals surface area (Å²) in [6, 6.07) is 0.299. The molecule has 2 unspecified atom stereocenters. The first-order chi connectivity index (χ1) is 4.63. The van der Waals surface area contributed by atoms with Gasteiger partial charge in [0, 0.05) is 6.04 Å². The molecule has 2 N–H and O–H groups in total. The molecule has 0 aliphatic rings. The van der Waals surface area contributed by atoms with E-state index < -0.39 is 0 Å². The highest BCUT2D eigenvalue weighted by Gasteiger charge is 2.11. The molecule has 10 heavy (non-hydrogen) atoms. The fourth-order valence-electron chi connectivity index (χ4n) is 0.978. The molecule has 2 atom stereocenters. The van der Waals surface area contributed by atoms with E-state index >= 15 is 0 Å². The molecular formula is C9H19N. The van der Waals surface area contributed by atoms with Crippen molar-refractivity contribution in [2.24, 2.45) is 11.7 Å². The minimum atomic E-state index is 0.299. The highest BCUT2D eigenvalue weighted by atomic mass is 14.6. The second kappa shape index (κ2) is 4.51. The molecule has 0 heterocycles. The first kappa shape index (κ1) is 9.70. The van der Waals surface area contributed by atoms with E-state index in [4.69, 9.17) is 5.73 Å². The monoisotopic (exact) mass is 141 g/mol. The Kier molecular flexibility index (Phi) is 4.37. The SMILES string of the molecule is C=C(CC)C(C)C(N)CC. The van der Waals surface area contributed by atoms with Crippen molar-refractivity contribution in [1.82, 2.24) is 0 Å². The van der Waals surface area contributed by atoms with Crippen LogP contribution in [0.1, 0.15) is 33.6 Å². The Bertz CT molecular complexity index is 107. The molecule has 0 aromatic heterocycles. The largest absolute Gasteiger partial charge is 0.327 e. The molecule has 60 valence electrons. The molecule has 0 aliphatic heterocycles. The van der Waals surface area contributed by atoms with Gasteiger partial charge in [0.2, 0.25) is 0 Å². The molecule has 0 radical (unpaired) electrons. The Morgan fingerprint density at radius 3 is 2.30 bits per heavy atom. The van der Waals surface area contributed by atoms with E-state index in [1.54, 1.807) is 0 Å². The number of hydrogen-bond donors (Lipinski definition) is 1. The van der Waals surface area contributed by atoms with Crippen molar-refractivity contribution in [2.75, 3.05) is 0 Å². The zero-order valence-electron chi connectivity index (χ0n) is 7.35. The standard InChI is InChI=1S/C9H19N/c1-5-7(3)8(4)9(10)6-2/h8-9H,3,5-6,10H2,1-2,4H3. The van der Waals surface area contributed by atoms with Gasteiger partial charge in [-0.2, -0.15) is 0 Å². The molecule has 1 nitrogen and oxygen atoms in total. The zero-order chi connectivity index (χ0) is 8.15. The maximum absolute atomic E-state index is 5.83. The van der Waals surface area contributed by atoms with E-state index in [1.807, 2.05) is 0 Å². The summed E-state index contributed by atoms with van der Waals surface area (Å²) in [6.45, 7) is 10.4. The second-order valence-electron chi connectivity index (χ2n) is 2.87. The fourth-order valence-corrected chi connectivity index (χ4v) is 0.978. The van der Waals surface area contributed by atoms with E-state index in [9.17, 15) is 0 Å². The summed E-state index contributed by atoms with van der Waals surface area (Å²) in [6.07, 6.45) is 2.09. The van der Waals surface area contributed by atoms with Crippen LogP contribution in [0.25, 0.3) is 0 Å². The van der Waals surface area contributed by atoms with Gasteiger partial charge in [0.1, 0.15) is 0 Å². The van der Waals surface area contributed by atoms with Gasteiger partial charge in [-0.15, -0.1) is 0 Å². The van der Waals surface area contributed by atoms with E-state index in [1.165, 1.54) is 5.57 Å². The smallest absolute Gasteiger partial charge is 0.00992 e. The normalized spacial score (nSPS) is 16.4. The summed E-state index contributed by atoms with van der Waals surface area (Å²) in [5.41, 5.74) is 7.10. The van der Waals surface area contributed by atoms with Gasteiger partial charge >= 0.3 is 0 Å². The first-order valence-electron chi connectivity index (χ1n) is 4.06. The summed E-state index contributed by atoms with van der Waals surface area (Å²) >= 11 is 0. The lowest BCUT2D eigenvalue weighted by Crippen LogP contribution is -2.28. The second-order valence-corrected chi connectivity index (χ2v) is 2.87. The molecule has 0 aromatic carbocycles. The molecule has 0 aromatic rings. The van der Waals surface area contributed by atoms with Crippen molar-refractivity contribution in [3.05, 3.63) is 12.2 Å². The van der Waals surface area contributed by atoms with Crippen LogP contribution < -0.4 is 5.73 Å². The molecule has 0 bridgehead atoms. The lowest BCUT2D eigenvalue weighted by Gasteiger charge is -2.19. The number of nitrogens with two attached hydrogens (primary N) is 1. The maximum atomic E-state index is 5.83. The molecule has 0 fully saturated rings. The highest BCUT2D eigenvalue weighted by molar-refractivity contribution is 5.01. The average Bonchev–Trinajstić information content (AvgIpc) is 2.00. The summed E-state index contributed by atoms with van der Waals surface area (Å²) in [5.74, 6) is 0.481. The van der Waals surface area contributed by atoms with E-state index in [2.05, 4.69) is 27.4 Å². The molecule has 0 spiro atoms. The summed E-state index contributed by atoms with van der Waals surface area (Å²) in [7, 11) is 0. The zero-order valence-corrected chi connectivity index (χ0v) is 7.35. The maximum Gasteiger partial charge on any atom is 0.00992 e. The Hall–Kier alpha value is -0.300. The van der Waals surface area contributed by atoms with Gasteiger partial charge in [-0.3, -0.25) is 0 Å². The van der Waals surface area contributed by atoms with Gasteiger partial charge in [-0.25, -0.2) is 0 Å². The predicted octanol–water partition coefficient (Wildman–Crippen LogP) is 2.33. The Morgan fingerprint density at radius 1 is 1.50 bits per heavy atom. The molecular weight excluding hydrogens is 122 g/mol. The van der Waals surface area contributed by atoms with Gasteiger partial charge < -0.3 is 5.73 Å². The van der Waals surface area contributed by atoms with Crippen LogP contribution in [-0.2, 0) is 0 Å². The summed E-state index contributed by atoms with van der Waals surface area (Å²) in [5, 5.41) is 0. The quantitative estimate of drug-likeness (QED) is 0.597. The molecule has 0 saturated carbocycles. The van der Waals surface area contributed by atoms with Crippen LogP contribution in [0.3, 0.4) is 0 Å². The topological polar surface area (TPSA) is 26.0 Å². The molecule has 0 aliphatic carbocycles.